The van der Waals surface area contributed by atoms with E-state index in [4.69, 9.17) is 15.2 Å². The second kappa shape index (κ2) is 11.4. The molecule has 1 saturated carbocycles. The van der Waals surface area contributed by atoms with Crippen molar-refractivity contribution in [1.82, 2.24) is 9.97 Å². The highest BCUT2D eigenvalue weighted by molar-refractivity contribution is 6.03. The molecule has 1 amide bonds. The molecule has 35 heavy (non-hydrogen) atoms. The molecule has 0 bridgehead atoms. The van der Waals surface area contributed by atoms with Crippen molar-refractivity contribution in [3.05, 3.63) is 35.4 Å². The lowest BCUT2D eigenvalue weighted by Gasteiger charge is -2.30. The Bertz CT molecular complexity index is 1050. The van der Waals surface area contributed by atoms with Gasteiger partial charge in [-0.2, -0.15) is 9.97 Å². The third-order valence-corrected chi connectivity index (χ3v) is 6.80. The third kappa shape index (κ3) is 6.21. The minimum Gasteiger partial charge on any atom is -0.469 e. The molecule has 2 aromatic rings. The molecule has 1 aromatic heterocycles. The van der Waals surface area contributed by atoms with E-state index in [0.29, 0.717) is 30.6 Å². The predicted molar refractivity (Wildman–Crippen MR) is 134 cm³/mol. The van der Waals surface area contributed by atoms with Crippen LogP contribution in [0.15, 0.2) is 24.3 Å². The molecular weight excluding hydrogens is 446 g/mol. The van der Waals surface area contributed by atoms with E-state index in [1.54, 1.807) is 0 Å². The Balaban J connectivity index is 1.45. The number of carbonyl (C=O) groups excluding carboxylic acids is 2. The number of fused-ring (bicyclic) bond motifs is 1. The first-order valence-corrected chi connectivity index (χ1v) is 12.5. The SMILES string of the molecule is CCCCOc1nc(N)c2c(n1)N(Cc1cccc(CC3CCC(C(=O)OC)CC3)c1)CC(=O)N2. The van der Waals surface area contributed by atoms with Crippen LogP contribution in [0.2, 0.25) is 0 Å². The van der Waals surface area contributed by atoms with Crippen LogP contribution in [-0.4, -0.2) is 42.1 Å². The Morgan fingerprint density at radius 2 is 1.97 bits per heavy atom. The molecular formula is C26H35N5O4. The van der Waals surface area contributed by atoms with E-state index in [2.05, 4.69) is 46.5 Å². The second-order valence-electron chi connectivity index (χ2n) is 9.46. The van der Waals surface area contributed by atoms with Crippen molar-refractivity contribution in [2.24, 2.45) is 11.8 Å². The minimum atomic E-state index is -0.147. The van der Waals surface area contributed by atoms with Gasteiger partial charge in [0.15, 0.2) is 11.6 Å². The summed E-state index contributed by atoms with van der Waals surface area (Å²) in [5.74, 6) is 1.15. The number of hydrogen-bond donors (Lipinski definition) is 2. The Hall–Kier alpha value is -3.36. The molecule has 1 aliphatic carbocycles. The number of unbranched alkanes of at least 4 members (excludes halogenated alkanes) is 1. The van der Waals surface area contributed by atoms with Gasteiger partial charge in [-0.1, -0.05) is 37.6 Å². The maximum atomic E-state index is 12.4. The van der Waals surface area contributed by atoms with Gasteiger partial charge in [0.1, 0.15) is 5.69 Å². The van der Waals surface area contributed by atoms with Gasteiger partial charge in [0.25, 0.3) is 0 Å². The van der Waals surface area contributed by atoms with Gasteiger partial charge in [-0.25, -0.2) is 0 Å². The number of benzene rings is 1. The van der Waals surface area contributed by atoms with Crippen molar-refractivity contribution in [2.75, 3.05) is 36.2 Å². The van der Waals surface area contributed by atoms with Crippen LogP contribution < -0.4 is 20.7 Å². The fourth-order valence-corrected chi connectivity index (χ4v) is 4.90. The fraction of sp³-hybridized carbons (Fsp3) is 0.538. The summed E-state index contributed by atoms with van der Waals surface area (Å²) < 4.78 is 10.6. The number of carbonyl (C=O) groups is 2. The Kier molecular flexibility index (Phi) is 8.05. The number of nitrogens with two attached hydrogens (primary N) is 1. The van der Waals surface area contributed by atoms with E-state index in [1.165, 1.54) is 12.7 Å². The fourth-order valence-electron chi connectivity index (χ4n) is 4.90. The number of anilines is 3. The quantitative estimate of drug-likeness (QED) is 0.411. The van der Waals surface area contributed by atoms with Crippen LogP contribution in [0.5, 0.6) is 6.01 Å². The van der Waals surface area contributed by atoms with Gasteiger partial charge in [-0.3, -0.25) is 9.59 Å². The summed E-state index contributed by atoms with van der Waals surface area (Å²) >= 11 is 0. The topological polar surface area (TPSA) is 120 Å². The minimum absolute atomic E-state index is 0.0400. The zero-order chi connectivity index (χ0) is 24.8. The van der Waals surface area contributed by atoms with Crippen LogP contribution in [0.3, 0.4) is 0 Å². The van der Waals surface area contributed by atoms with Crippen molar-refractivity contribution in [1.29, 1.82) is 0 Å². The molecule has 9 nitrogen and oxygen atoms in total. The average Bonchev–Trinajstić information content (AvgIpc) is 2.85. The van der Waals surface area contributed by atoms with E-state index in [9.17, 15) is 9.59 Å². The van der Waals surface area contributed by atoms with Gasteiger partial charge in [-0.05, 0) is 55.6 Å². The number of aromatic nitrogens is 2. The van der Waals surface area contributed by atoms with Crippen LogP contribution in [-0.2, 0) is 27.3 Å². The molecule has 3 N–H and O–H groups in total. The molecule has 1 aliphatic heterocycles. The second-order valence-corrected chi connectivity index (χ2v) is 9.46. The van der Waals surface area contributed by atoms with Gasteiger partial charge in [0.05, 0.1) is 26.2 Å². The summed E-state index contributed by atoms with van der Waals surface area (Å²) in [5, 5.41) is 2.80. The number of nitrogen functional groups attached to an aromatic ring is 1. The molecule has 0 spiro atoms. The number of methoxy groups -OCH3 is 1. The van der Waals surface area contributed by atoms with Crippen LogP contribution in [0.1, 0.15) is 56.6 Å². The number of ether oxygens (including phenoxy) is 2. The highest BCUT2D eigenvalue weighted by Gasteiger charge is 2.29. The number of esters is 1. The van der Waals surface area contributed by atoms with Crippen LogP contribution >= 0.6 is 0 Å². The lowest BCUT2D eigenvalue weighted by molar-refractivity contribution is -0.146. The normalized spacial score (nSPS) is 19.6. The molecule has 0 atom stereocenters. The third-order valence-electron chi connectivity index (χ3n) is 6.80. The van der Waals surface area contributed by atoms with Gasteiger partial charge >= 0.3 is 12.0 Å². The number of rotatable bonds is 9. The average molecular weight is 482 g/mol. The Labute approximate surface area is 206 Å². The molecule has 0 radical (unpaired) electrons. The number of hydrogen-bond acceptors (Lipinski definition) is 8. The van der Waals surface area contributed by atoms with E-state index in [-0.39, 0.29) is 36.2 Å². The molecule has 188 valence electrons. The molecule has 1 aromatic carbocycles. The summed E-state index contributed by atoms with van der Waals surface area (Å²) in [5.41, 5.74) is 8.92. The number of nitrogens with zero attached hydrogens (tertiary/aromatic N) is 3. The van der Waals surface area contributed by atoms with Gasteiger partial charge in [0.2, 0.25) is 5.91 Å². The smallest absolute Gasteiger partial charge is 0.320 e. The zero-order valence-electron chi connectivity index (χ0n) is 20.6. The lowest BCUT2D eigenvalue weighted by atomic mass is 9.79. The number of amides is 1. The maximum absolute atomic E-state index is 12.4. The molecule has 0 saturated heterocycles. The van der Waals surface area contributed by atoms with Crippen molar-refractivity contribution < 1.29 is 19.1 Å². The molecule has 2 heterocycles. The highest BCUT2D eigenvalue weighted by atomic mass is 16.5. The van der Waals surface area contributed by atoms with E-state index < -0.39 is 0 Å². The highest BCUT2D eigenvalue weighted by Crippen LogP contribution is 2.35. The molecule has 1 fully saturated rings. The summed E-state index contributed by atoms with van der Waals surface area (Å²) in [6, 6.07) is 8.69. The van der Waals surface area contributed by atoms with E-state index >= 15 is 0 Å². The van der Waals surface area contributed by atoms with Gasteiger partial charge in [0, 0.05) is 6.54 Å². The predicted octanol–water partition coefficient (Wildman–Crippen LogP) is 3.72. The first kappa shape index (κ1) is 24.8. The summed E-state index contributed by atoms with van der Waals surface area (Å²) in [6.07, 6.45) is 6.72. The maximum Gasteiger partial charge on any atom is 0.320 e. The first-order valence-electron chi connectivity index (χ1n) is 12.5. The summed E-state index contributed by atoms with van der Waals surface area (Å²) in [7, 11) is 1.46. The van der Waals surface area contributed by atoms with Crippen LogP contribution in [0.4, 0.5) is 17.3 Å². The van der Waals surface area contributed by atoms with Gasteiger partial charge in [-0.15, -0.1) is 0 Å². The lowest BCUT2D eigenvalue weighted by Crippen LogP contribution is -2.39. The molecule has 0 unspecified atom stereocenters. The monoisotopic (exact) mass is 481 g/mol. The van der Waals surface area contributed by atoms with Crippen LogP contribution in [0.25, 0.3) is 0 Å². The van der Waals surface area contributed by atoms with E-state index in [1.807, 2.05) is 4.90 Å². The molecule has 9 heteroatoms. The van der Waals surface area contributed by atoms with Crippen molar-refractivity contribution >= 4 is 29.2 Å². The van der Waals surface area contributed by atoms with Crippen molar-refractivity contribution in [2.45, 2.75) is 58.4 Å². The number of nitrogens with one attached hydrogen (secondary N) is 1. The largest absolute Gasteiger partial charge is 0.469 e. The van der Waals surface area contributed by atoms with E-state index in [0.717, 1.165) is 50.5 Å². The van der Waals surface area contributed by atoms with Crippen molar-refractivity contribution in [3.63, 3.8) is 0 Å². The Morgan fingerprint density at radius 1 is 1.20 bits per heavy atom. The molecule has 2 aliphatic rings. The Morgan fingerprint density at radius 3 is 2.71 bits per heavy atom. The molecule has 4 rings (SSSR count). The van der Waals surface area contributed by atoms with Crippen molar-refractivity contribution in [3.8, 4) is 6.01 Å². The van der Waals surface area contributed by atoms with Gasteiger partial charge < -0.3 is 25.4 Å². The first-order chi connectivity index (χ1) is 17.0. The van der Waals surface area contributed by atoms with Crippen LogP contribution in [0, 0.1) is 11.8 Å². The summed E-state index contributed by atoms with van der Waals surface area (Å²) in [6.45, 7) is 3.31. The zero-order valence-corrected chi connectivity index (χ0v) is 20.6. The summed E-state index contributed by atoms with van der Waals surface area (Å²) in [4.78, 5) is 34.9. The standard InChI is InChI=1S/C26H35N5O4/c1-3-4-12-35-26-29-23(27)22-24(30-26)31(16-21(32)28-22)15-19-7-5-6-18(14-19)13-17-8-10-20(11-9-17)25(33)34-2/h5-7,14,17,20H,3-4,8-13,15-16H2,1-2H3,(H,28,32)(H2,27,29,30).